The number of nitrogens with zero attached hydrogens (tertiary/aromatic N) is 2. The number of aromatic nitrogens is 1. The molecule has 1 unspecified atom stereocenters. The van der Waals surface area contributed by atoms with Gasteiger partial charge in [-0.3, -0.25) is 8.72 Å². The highest BCUT2D eigenvalue weighted by Gasteiger charge is 2.34. The van der Waals surface area contributed by atoms with Crippen molar-refractivity contribution in [2.45, 2.75) is 30.8 Å². The number of pyridine rings is 1. The zero-order valence-corrected chi connectivity index (χ0v) is 13.7. The van der Waals surface area contributed by atoms with Crippen LogP contribution in [-0.4, -0.2) is 34.8 Å². The predicted molar refractivity (Wildman–Crippen MR) is 79.5 cm³/mol. The molecule has 0 radical (unpaired) electrons. The second kappa shape index (κ2) is 6.24. The number of rotatable bonds is 4. The Balaban J connectivity index is 2.45. The third-order valence-electron chi connectivity index (χ3n) is 3.34. The van der Waals surface area contributed by atoms with Crippen LogP contribution in [0.25, 0.3) is 0 Å². The zero-order chi connectivity index (χ0) is 14.0. The molecule has 0 aromatic carbocycles. The van der Waals surface area contributed by atoms with Gasteiger partial charge in [0.15, 0.2) is 0 Å². The number of carbonyl (C=O) groups is 1. The van der Waals surface area contributed by atoms with Crippen LogP contribution in [0, 0.1) is 6.92 Å². The van der Waals surface area contributed by atoms with Crippen LogP contribution in [0.1, 0.15) is 29.2 Å². The van der Waals surface area contributed by atoms with E-state index >= 15 is 0 Å². The standard InChI is InChI=1S/C13H17BrN2O2S/c1-8-6-11(19-3)15-12-9(4-5-18-2)13(17)16(14)7-10(8)12/h6,9H,4-5,7H2,1-3H3. The van der Waals surface area contributed by atoms with Crippen LogP contribution >= 0.6 is 27.9 Å². The van der Waals surface area contributed by atoms with Gasteiger partial charge in [0.1, 0.15) is 0 Å². The molecular weight excluding hydrogens is 328 g/mol. The third-order valence-corrected chi connectivity index (χ3v) is 4.57. The molecule has 104 valence electrons. The molecule has 1 atom stereocenters. The Kier molecular flexibility index (Phi) is 4.86. The average molecular weight is 345 g/mol. The van der Waals surface area contributed by atoms with Crippen molar-refractivity contribution in [3.05, 3.63) is 22.9 Å². The molecular formula is C13H17BrN2O2S. The summed E-state index contributed by atoms with van der Waals surface area (Å²) in [6.45, 7) is 3.20. The van der Waals surface area contributed by atoms with Gasteiger partial charge in [0.25, 0.3) is 0 Å². The molecule has 0 fully saturated rings. The molecule has 0 spiro atoms. The Morgan fingerprint density at radius 3 is 3.00 bits per heavy atom. The molecule has 2 rings (SSSR count). The normalized spacial score (nSPS) is 18.6. The summed E-state index contributed by atoms with van der Waals surface area (Å²) in [7, 11) is 1.65. The molecule has 1 aromatic rings. The molecule has 1 aromatic heterocycles. The van der Waals surface area contributed by atoms with Crippen LogP contribution in [0.15, 0.2) is 11.1 Å². The number of amides is 1. The number of fused-ring (bicyclic) bond motifs is 1. The van der Waals surface area contributed by atoms with Crippen molar-refractivity contribution in [1.82, 2.24) is 8.91 Å². The van der Waals surface area contributed by atoms with Crippen molar-refractivity contribution in [2.75, 3.05) is 20.0 Å². The lowest BCUT2D eigenvalue weighted by molar-refractivity contribution is -0.129. The van der Waals surface area contributed by atoms with E-state index < -0.39 is 0 Å². The largest absolute Gasteiger partial charge is 0.385 e. The van der Waals surface area contributed by atoms with Gasteiger partial charge >= 0.3 is 0 Å². The molecule has 19 heavy (non-hydrogen) atoms. The summed E-state index contributed by atoms with van der Waals surface area (Å²) in [5, 5.41) is 0.967. The second-order valence-corrected chi connectivity index (χ2v) is 6.22. The lowest BCUT2D eigenvalue weighted by Crippen LogP contribution is -2.34. The van der Waals surface area contributed by atoms with E-state index in [0.29, 0.717) is 19.6 Å². The van der Waals surface area contributed by atoms with Gasteiger partial charge in [-0.2, -0.15) is 0 Å². The van der Waals surface area contributed by atoms with Crippen LogP contribution in [0.2, 0.25) is 0 Å². The van der Waals surface area contributed by atoms with E-state index in [1.54, 1.807) is 22.8 Å². The summed E-state index contributed by atoms with van der Waals surface area (Å²) < 4.78 is 6.71. The number of aryl methyl sites for hydroxylation is 1. The van der Waals surface area contributed by atoms with E-state index in [1.165, 1.54) is 5.56 Å². The van der Waals surface area contributed by atoms with Gasteiger partial charge in [-0.1, -0.05) is 0 Å². The zero-order valence-electron chi connectivity index (χ0n) is 11.3. The smallest absolute Gasteiger partial charge is 0.241 e. The van der Waals surface area contributed by atoms with Crippen molar-refractivity contribution in [1.29, 1.82) is 0 Å². The highest BCUT2D eigenvalue weighted by atomic mass is 79.9. The average Bonchev–Trinajstić information content (AvgIpc) is 2.40. The fourth-order valence-electron chi connectivity index (χ4n) is 2.29. The molecule has 0 N–H and O–H groups in total. The first-order valence-corrected chi connectivity index (χ1v) is 8.02. The SMILES string of the molecule is COCCC1C(=O)N(Br)Cc2c(C)cc(SC)nc21. The van der Waals surface area contributed by atoms with Crippen LogP contribution in [0.3, 0.4) is 0 Å². The maximum absolute atomic E-state index is 12.3. The van der Waals surface area contributed by atoms with Crippen LogP contribution < -0.4 is 0 Å². The van der Waals surface area contributed by atoms with Crippen LogP contribution in [0.5, 0.6) is 0 Å². The Bertz CT molecular complexity index is 496. The summed E-state index contributed by atoms with van der Waals surface area (Å²) in [4.78, 5) is 16.9. The molecule has 1 amide bonds. The molecule has 1 aliphatic heterocycles. The predicted octanol–water partition coefficient (Wildman–Crippen LogP) is 2.88. The van der Waals surface area contributed by atoms with Gasteiger partial charge in [0.05, 0.1) is 39.3 Å². The molecule has 2 heterocycles. The Labute approximate surface area is 126 Å². The summed E-state index contributed by atoms with van der Waals surface area (Å²) in [5.41, 5.74) is 3.26. The Hall–Kier alpha value is -0.590. The third kappa shape index (κ3) is 2.95. The first kappa shape index (κ1) is 14.8. The van der Waals surface area contributed by atoms with E-state index in [9.17, 15) is 4.79 Å². The highest BCUT2D eigenvalue weighted by molar-refractivity contribution is 9.07. The number of thioether (sulfide) groups is 1. The van der Waals surface area contributed by atoms with Crippen molar-refractivity contribution in [3.63, 3.8) is 0 Å². The van der Waals surface area contributed by atoms with Gasteiger partial charge < -0.3 is 4.74 Å². The maximum Gasteiger partial charge on any atom is 0.241 e. The topological polar surface area (TPSA) is 42.4 Å². The van der Waals surface area contributed by atoms with E-state index in [2.05, 4.69) is 34.1 Å². The van der Waals surface area contributed by atoms with Crippen molar-refractivity contribution in [2.24, 2.45) is 0 Å². The van der Waals surface area contributed by atoms with Gasteiger partial charge in [0.2, 0.25) is 5.91 Å². The first-order valence-electron chi connectivity index (χ1n) is 6.09. The van der Waals surface area contributed by atoms with Crippen LogP contribution in [-0.2, 0) is 16.1 Å². The van der Waals surface area contributed by atoms with E-state index in [4.69, 9.17) is 4.74 Å². The van der Waals surface area contributed by atoms with Crippen molar-refractivity contribution >= 4 is 33.8 Å². The molecule has 1 aliphatic rings. The molecule has 0 saturated carbocycles. The Morgan fingerprint density at radius 1 is 1.63 bits per heavy atom. The van der Waals surface area contributed by atoms with Crippen molar-refractivity contribution in [3.8, 4) is 0 Å². The van der Waals surface area contributed by atoms with Crippen LogP contribution in [0.4, 0.5) is 0 Å². The van der Waals surface area contributed by atoms with E-state index in [0.717, 1.165) is 16.3 Å². The molecule has 6 heteroatoms. The molecule has 0 bridgehead atoms. The summed E-state index contributed by atoms with van der Waals surface area (Å²) >= 11 is 4.94. The number of hydrogen-bond acceptors (Lipinski definition) is 4. The maximum atomic E-state index is 12.3. The molecule has 0 saturated heterocycles. The minimum absolute atomic E-state index is 0.0645. The second-order valence-electron chi connectivity index (χ2n) is 4.54. The van der Waals surface area contributed by atoms with E-state index in [1.807, 2.05) is 6.26 Å². The summed E-state index contributed by atoms with van der Waals surface area (Å²) in [6.07, 6.45) is 2.66. The van der Waals surface area contributed by atoms with Gasteiger partial charge in [0, 0.05) is 13.7 Å². The van der Waals surface area contributed by atoms with E-state index in [-0.39, 0.29) is 11.8 Å². The summed E-state index contributed by atoms with van der Waals surface area (Å²) in [5.74, 6) is -0.149. The minimum Gasteiger partial charge on any atom is -0.385 e. The van der Waals surface area contributed by atoms with Gasteiger partial charge in [-0.05, 0) is 36.8 Å². The Morgan fingerprint density at radius 2 is 2.37 bits per heavy atom. The lowest BCUT2D eigenvalue weighted by atomic mass is 9.90. The number of halogens is 1. The van der Waals surface area contributed by atoms with Crippen molar-refractivity contribution < 1.29 is 9.53 Å². The van der Waals surface area contributed by atoms with Gasteiger partial charge in [-0.25, -0.2) is 4.98 Å². The lowest BCUT2D eigenvalue weighted by Gasteiger charge is -2.30. The highest BCUT2D eigenvalue weighted by Crippen LogP contribution is 2.35. The summed E-state index contributed by atoms with van der Waals surface area (Å²) in [6, 6.07) is 2.08. The molecule has 4 nitrogen and oxygen atoms in total. The number of carbonyl (C=O) groups excluding carboxylic acids is 1. The fourth-order valence-corrected chi connectivity index (χ4v) is 3.27. The number of ether oxygens (including phenoxy) is 1. The monoisotopic (exact) mass is 344 g/mol. The fraction of sp³-hybridized carbons (Fsp3) is 0.538. The minimum atomic E-state index is -0.214. The quantitative estimate of drug-likeness (QED) is 0.622. The molecule has 0 aliphatic carbocycles. The number of hydrogen-bond donors (Lipinski definition) is 0. The first-order chi connectivity index (χ1) is 9.08. The van der Waals surface area contributed by atoms with Gasteiger partial charge in [-0.15, -0.1) is 11.8 Å². The number of methoxy groups -OCH3 is 1.